The molecule has 0 bridgehead atoms. The molecule has 0 aromatic carbocycles. The molecule has 98 valence electrons. The zero-order valence-corrected chi connectivity index (χ0v) is 11.4. The van der Waals surface area contributed by atoms with E-state index >= 15 is 0 Å². The first-order valence-corrected chi connectivity index (χ1v) is 7.11. The number of carbonyl (C=O) groups excluding carboxylic acids is 1. The van der Waals surface area contributed by atoms with E-state index < -0.39 is 0 Å². The quantitative estimate of drug-likeness (QED) is 0.796. The summed E-state index contributed by atoms with van der Waals surface area (Å²) in [6, 6.07) is 0.356. The summed E-state index contributed by atoms with van der Waals surface area (Å²) < 4.78 is 0. The molecule has 0 aromatic heterocycles. The van der Waals surface area contributed by atoms with Gasteiger partial charge in [0, 0.05) is 19.1 Å². The Labute approximate surface area is 105 Å². The summed E-state index contributed by atoms with van der Waals surface area (Å²) in [5, 5.41) is 3.42. The highest BCUT2D eigenvalue weighted by Crippen LogP contribution is 2.27. The minimum Gasteiger partial charge on any atom is -0.342 e. The van der Waals surface area contributed by atoms with Gasteiger partial charge in [-0.1, -0.05) is 13.8 Å². The summed E-state index contributed by atoms with van der Waals surface area (Å²) in [6.45, 7) is 9.72. The lowest BCUT2D eigenvalue weighted by Crippen LogP contribution is -2.47. The van der Waals surface area contributed by atoms with Crippen LogP contribution in [0.25, 0.3) is 0 Å². The number of piperidine rings is 1. The minimum absolute atomic E-state index is 0.217. The first-order chi connectivity index (χ1) is 8.09. The lowest BCUT2D eigenvalue weighted by molar-refractivity contribution is -0.136. The fourth-order valence-corrected chi connectivity index (χ4v) is 3.15. The Morgan fingerprint density at radius 3 is 2.71 bits per heavy atom. The van der Waals surface area contributed by atoms with E-state index in [-0.39, 0.29) is 5.92 Å². The van der Waals surface area contributed by atoms with Gasteiger partial charge in [-0.3, -0.25) is 4.79 Å². The number of rotatable bonds is 2. The standard InChI is InChI=1S/C14H26N2O/c1-10(2)12-6-8-16(9-12)14(17)13-5-4-7-15-11(13)3/h10-13,15H,4-9H2,1-3H3. The number of amides is 1. The van der Waals surface area contributed by atoms with Gasteiger partial charge in [-0.05, 0) is 44.6 Å². The van der Waals surface area contributed by atoms with Crippen LogP contribution in [0.4, 0.5) is 0 Å². The molecule has 2 saturated heterocycles. The summed E-state index contributed by atoms with van der Waals surface area (Å²) in [7, 11) is 0. The van der Waals surface area contributed by atoms with Crippen molar-refractivity contribution in [2.75, 3.05) is 19.6 Å². The molecule has 0 spiro atoms. The zero-order chi connectivity index (χ0) is 12.4. The van der Waals surface area contributed by atoms with Crippen molar-refractivity contribution in [3.63, 3.8) is 0 Å². The second-order valence-corrected chi connectivity index (χ2v) is 6.07. The maximum absolute atomic E-state index is 12.5. The van der Waals surface area contributed by atoms with E-state index in [0.29, 0.717) is 23.8 Å². The first-order valence-electron chi connectivity index (χ1n) is 7.11. The van der Waals surface area contributed by atoms with Crippen molar-refractivity contribution >= 4 is 5.91 Å². The van der Waals surface area contributed by atoms with E-state index in [4.69, 9.17) is 0 Å². The third-order valence-electron chi connectivity index (χ3n) is 4.56. The Hall–Kier alpha value is -0.570. The van der Waals surface area contributed by atoms with Crippen molar-refractivity contribution in [2.24, 2.45) is 17.8 Å². The zero-order valence-electron chi connectivity index (χ0n) is 11.4. The number of hydrogen-bond acceptors (Lipinski definition) is 2. The number of likely N-dealkylation sites (tertiary alicyclic amines) is 1. The van der Waals surface area contributed by atoms with Gasteiger partial charge >= 0.3 is 0 Å². The van der Waals surface area contributed by atoms with Crippen molar-refractivity contribution in [3.05, 3.63) is 0 Å². The van der Waals surface area contributed by atoms with Gasteiger partial charge in [0.15, 0.2) is 0 Å². The van der Waals surface area contributed by atoms with Crippen molar-refractivity contribution in [1.29, 1.82) is 0 Å². The predicted molar refractivity (Wildman–Crippen MR) is 69.7 cm³/mol. The van der Waals surface area contributed by atoms with Gasteiger partial charge in [-0.2, -0.15) is 0 Å². The smallest absolute Gasteiger partial charge is 0.227 e. The molecule has 2 aliphatic rings. The van der Waals surface area contributed by atoms with E-state index in [1.165, 1.54) is 6.42 Å². The van der Waals surface area contributed by atoms with Crippen molar-refractivity contribution in [1.82, 2.24) is 10.2 Å². The van der Waals surface area contributed by atoms with Gasteiger partial charge in [0.1, 0.15) is 0 Å². The lowest BCUT2D eigenvalue weighted by atomic mass is 9.90. The Kier molecular flexibility index (Phi) is 4.08. The van der Waals surface area contributed by atoms with Crippen LogP contribution in [0, 0.1) is 17.8 Å². The first kappa shape index (κ1) is 12.9. The monoisotopic (exact) mass is 238 g/mol. The molecule has 1 amide bonds. The van der Waals surface area contributed by atoms with Crippen LogP contribution in [0.5, 0.6) is 0 Å². The predicted octanol–water partition coefficient (Wildman–Crippen LogP) is 1.88. The second kappa shape index (κ2) is 5.38. The molecule has 3 atom stereocenters. The fraction of sp³-hybridized carbons (Fsp3) is 0.929. The van der Waals surface area contributed by atoms with Crippen LogP contribution in [0.2, 0.25) is 0 Å². The molecule has 0 saturated carbocycles. The number of carbonyl (C=O) groups is 1. The SMILES string of the molecule is CC(C)C1CCN(C(=O)C2CCCNC2C)C1. The fourth-order valence-electron chi connectivity index (χ4n) is 3.15. The lowest BCUT2D eigenvalue weighted by Gasteiger charge is -2.32. The Bertz CT molecular complexity index is 277. The van der Waals surface area contributed by atoms with Crippen LogP contribution >= 0.6 is 0 Å². The van der Waals surface area contributed by atoms with Crippen LogP contribution in [0.3, 0.4) is 0 Å². The normalized spacial score (nSPS) is 34.4. The molecule has 17 heavy (non-hydrogen) atoms. The third kappa shape index (κ3) is 2.82. The van der Waals surface area contributed by atoms with Crippen molar-refractivity contribution in [2.45, 2.75) is 46.1 Å². The highest BCUT2D eigenvalue weighted by atomic mass is 16.2. The van der Waals surface area contributed by atoms with Gasteiger partial charge in [-0.15, -0.1) is 0 Å². The third-order valence-corrected chi connectivity index (χ3v) is 4.56. The van der Waals surface area contributed by atoms with Gasteiger partial charge in [-0.25, -0.2) is 0 Å². The molecule has 0 radical (unpaired) electrons. The Morgan fingerprint density at radius 1 is 1.35 bits per heavy atom. The summed E-state index contributed by atoms with van der Waals surface area (Å²) in [4.78, 5) is 14.6. The van der Waals surface area contributed by atoms with Crippen LogP contribution in [0.1, 0.15) is 40.0 Å². The summed E-state index contributed by atoms with van der Waals surface area (Å²) in [5.41, 5.74) is 0. The summed E-state index contributed by atoms with van der Waals surface area (Å²) in [6.07, 6.45) is 3.40. The van der Waals surface area contributed by atoms with E-state index in [9.17, 15) is 4.79 Å². The molecule has 1 N–H and O–H groups in total. The number of nitrogens with zero attached hydrogens (tertiary/aromatic N) is 1. The van der Waals surface area contributed by atoms with Gasteiger partial charge in [0.25, 0.3) is 0 Å². The summed E-state index contributed by atoms with van der Waals surface area (Å²) >= 11 is 0. The number of hydrogen-bond donors (Lipinski definition) is 1. The average molecular weight is 238 g/mol. The molecule has 0 aliphatic carbocycles. The van der Waals surface area contributed by atoms with Gasteiger partial charge in [0.2, 0.25) is 5.91 Å². The minimum atomic E-state index is 0.217. The van der Waals surface area contributed by atoms with Crippen molar-refractivity contribution < 1.29 is 4.79 Å². The van der Waals surface area contributed by atoms with Crippen LogP contribution in [-0.2, 0) is 4.79 Å². The molecular formula is C14H26N2O. The highest BCUT2D eigenvalue weighted by molar-refractivity contribution is 5.80. The molecule has 3 nitrogen and oxygen atoms in total. The molecule has 3 heteroatoms. The van der Waals surface area contributed by atoms with E-state index in [1.54, 1.807) is 0 Å². The summed E-state index contributed by atoms with van der Waals surface area (Å²) in [5.74, 6) is 2.03. The molecule has 0 aromatic rings. The molecule has 2 aliphatic heterocycles. The van der Waals surface area contributed by atoms with E-state index in [1.807, 2.05) is 0 Å². The maximum atomic E-state index is 12.5. The van der Waals surface area contributed by atoms with Gasteiger partial charge in [0.05, 0.1) is 5.92 Å². The van der Waals surface area contributed by atoms with E-state index in [0.717, 1.165) is 32.5 Å². The topological polar surface area (TPSA) is 32.3 Å². The molecule has 3 unspecified atom stereocenters. The second-order valence-electron chi connectivity index (χ2n) is 6.07. The molecule has 2 heterocycles. The van der Waals surface area contributed by atoms with Crippen LogP contribution in [-0.4, -0.2) is 36.5 Å². The van der Waals surface area contributed by atoms with E-state index in [2.05, 4.69) is 31.0 Å². The largest absolute Gasteiger partial charge is 0.342 e. The Balaban J connectivity index is 1.92. The maximum Gasteiger partial charge on any atom is 0.227 e. The molecule has 2 rings (SSSR count). The Morgan fingerprint density at radius 2 is 2.12 bits per heavy atom. The van der Waals surface area contributed by atoms with Crippen LogP contribution < -0.4 is 5.32 Å². The highest BCUT2D eigenvalue weighted by Gasteiger charge is 2.35. The average Bonchev–Trinajstić information content (AvgIpc) is 2.78. The number of nitrogens with one attached hydrogen (secondary N) is 1. The molecular weight excluding hydrogens is 212 g/mol. The molecule has 2 fully saturated rings. The van der Waals surface area contributed by atoms with Crippen molar-refractivity contribution in [3.8, 4) is 0 Å². The van der Waals surface area contributed by atoms with Crippen LogP contribution in [0.15, 0.2) is 0 Å². The van der Waals surface area contributed by atoms with Gasteiger partial charge < -0.3 is 10.2 Å².